The van der Waals surface area contributed by atoms with Crippen LogP contribution < -0.4 is 0 Å². The zero-order valence-corrected chi connectivity index (χ0v) is 13.2. The molecule has 0 aliphatic carbocycles. The highest BCUT2D eigenvalue weighted by Crippen LogP contribution is 2.33. The Bertz CT molecular complexity index is 749. The van der Waals surface area contributed by atoms with E-state index in [2.05, 4.69) is 15.0 Å². The number of hydrogen-bond donors (Lipinski definition) is 1. The average molecular weight is 312 g/mol. The fourth-order valence-electron chi connectivity index (χ4n) is 2.13. The van der Waals surface area contributed by atoms with Crippen molar-refractivity contribution in [1.29, 1.82) is 0 Å². The molecular formula is C16H16N4OS. The van der Waals surface area contributed by atoms with Crippen LogP contribution in [0.4, 0.5) is 5.82 Å². The molecule has 0 atom stereocenters. The van der Waals surface area contributed by atoms with Crippen molar-refractivity contribution in [3.63, 3.8) is 0 Å². The van der Waals surface area contributed by atoms with Crippen molar-refractivity contribution in [2.75, 3.05) is 6.54 Å². The second-order valence-corrected chi connectivity index (χ2v) is 5.83. The van der Waals surface area contributed by atoms with Gasteiger partial charge in [-0.1, -0.05) is 6.07 Å². The Hall–Kier alpha value is -2.34. The lowest BCUT2D eigenvalue weighted by molar-refractivity contribution is -0.122. The second kappa shape index (κ2) is 6.19. The van der Waals surface area contributed by atoms with E-state index in [1.54, 1.807) is 4.90 Å². The molecular weight excluding hydrogens is 296 g/mol. The van der Waals surface area contributed by atoms with Gasteiger partial charge >= 0.3 is 0 Å². The third-order valence-electron chi connectivity index (χ3n) is 3.20. The highest BCUT2D eigenvalue weighted by Gasteiger charge is 2.32. The molecule has 6 heteroatoms. The van der Waals surface area contributed by atoms with Gasteiger partial charge in [-0.3, -0.25) is 9.69 Å². The molecule has 1 N–H and O–H groups in total. The van der Waals surface area contributed by atoms with E-state index < -0.39 is 0 Å². The number of thioether (sulfide) groups is 1. The molecule has 22 heavy (non-hydrogen) atoms. The maximum atomic E-state index is 12.5. The Balaban J connectivity index is 1.93. The molecule has 1 fully saturated rings. The first kappa shape index (κ1) is 14.6. The Morgan fingerprint density at radius 2 is 2.23 bits per heavy atom. The first-order valence-electron chi connectivity index (χ1n) is 7.04. The molecule has 0 aromatic carbocycles. The van der Waals surface area contributed by atoms with Gasteiger partial charge < -0.3 is 4.98 Å². The van der Waals surface area contributed by atoms with Gasteiger partial charge in [0.15, 0.2) is 11.0 Å². The van der Waals surface area contributed by atoms with Crippen molar-refractivity contribution in [2.24, 2.45) is 4.99 Å². The predicted octanol–water partition coefficient (Wildman–Crippen LogP) is 3.34. The summed E-state index contributed by atoms with van der Waals surface area (Å²) in [7, 11) is 0. The lowest BCUT2D eigenvalue weighted by atomic mass is 10.3. The Morgan fingerprint density at radius 3 is 2.91 bits per heavy atom. The van der Waals surface area contributed by atoms with E-state index in [9.17, 15) is 4.79 Å². The maximum Gasteiger partial charge on any atom is 0.266 e. The molecule has 0 radical (unpaired) electrons. The minimum Gasteiger partial charge on any atom is -0.362 e. The third kappa shape index (κ3) is 2.96. The largest absolute Gasteiger partial charge is 0.362 e. The van der Waals surface area contributed by atoms with Crippen molar-refractivity contribution in [2.45, 2.75) is 13.8 Å². The molecule has 2 aromatic rings. The molecule has 0 spiro atoms. The van der Waals surface area contributed by atoms with Gasteiger partial charge in [0.05, 0.1) is 4.91 Å². The van der Waals surface area contributed by atoms with Gasteiger partial charge in [-0.25, -0.2) is 9.98 Å². The summed E-state index contributed by atoms with van der Waals surface area (Å²) >= 11 is 1.38. The molecule has 0 bridgehead atoms. The van der Waals surface area contributed by atoms with Crippen molar-refractivity contribution in [3.8, 4) is 0 Å². The van der Waals surface area contributed by atoms with Crippen LogP contribution >= 0.6 is 11.8 Å². The van der Waals surface area contributed by atoms with Crippen LogP contribution in [-0.4, -0.2) is 32.5 Å². The Labute approximate surface area is 133 Å². The Morgan fingerprint density at radius 1 is 1.36 bits per heavy atom. The number of amides is 1. The van der Waals surface area contributed by atoms with Crippen LogP contribution in [0.2, 0.25) is 0 Å². The third-order valence-corrected chi connectivity index (χ3v) is 4.20. The number of nitrogens with zero attached hydrogens (tertiary/aromatic N) is 3. The van der Waals surface area contributed by atoms with E-state index in [0.717, 1.165) is 11.4 Å². The van der Waals surface area contributed by atoms with Gasteiger partial charge in [-0.05, 0) is 56.0 Å². The lowest BCUT2D eigenvalue weighted by Gasteiger charge is -2.11. The van der Waals surface area contributed by atoms with E-state index >= 15 is 0 Å². The summed E-state index contributed by atoms with van der Waals surface area (Å²) in [4.78, 5) is 26.8. The SMILES string of the molecule is CCN1C(=O)/C(=C\c2ccc[nH]2)S/C1=N/c1cccc(C)n1. The highest BCUT2D eigenvalue weighted by atomic mass is 32.2. The summed E-state index contributed by atoms with van der Waals surface area (Å²) in [6.07, 6.45) is 3.68. The number of rotatable bonds is 3. The van der Waals surface area contributed by atoms with E-state index in [1.165, 1.54) is 11.8 Å². The van der Waals surface area contributed by atoms with Gasteiger partial charge in [-0.2, -0.15) is 0 Å². The van der Waals surface area contributed by atoms with Gasteiger partial charge in [0, 0.05) is 24.1 Å². The number of carbonyl (C=O) groups is 1. The first-order chi connectivity index (χ1) is 10.7. The summed E-state index contributed by atoms with van der Waals surface area (Å²) in [5.74, 6) is 0.600. The molecule has 2 aromatic heterocycles. The van der Waals surface area contributed by atoms with E-state index in [0.29, 0.717) is 22.4 Å². The number of H-pyrrole nitrogens is 1. The van der Waals surface area contributed by atoms with Crippen LogP contribution in [0.15, 0.2) is 46.4 Å². The smallest absolute Gasteiger partial charge is 0.266 e. The van der Waals surface area contributed by atoms with E-state index in [4.69, 9.17) is 0 Å². The number of nitrogens with one attached hydrogen (secondary N) is 1. The molecule has 3 heterocycles. The van der Waals surface area contributed by atoms with Gasteiger partial charge in [0.1, 0.15) is 0 Å². The topological polar surface area (TPSA) is 61.4 Å². The highest BCUT2D eigenvalue weighted by molar-refractivity contribution is 8.18. The van der Waals surface area contributed by atoms with Crippen LogP contribution in [0, 0.1) is 6.92 Å². The zero-order chi connectivity index (χ0) is 15.5. The molecule has 5 nitrogen and oxygen atoms in total. The number of aliphatic imine (C=N–C) groups is 1. The normalized spacial score (nSPS) is 18.6. The zero-order valence-electron chi connectivity index (χ0n) is 12.4. The second-order valence-electron chi connectivity index (χ2n) is 4.82. The summed E-state index contributed by atoms with van der Waals surface area (Å²) in [6, 6.07) is 9.50. The molecule has 1 amide bonds. The van der Waals surface area contributed by atoms with Gasteiger partial charge in [0.2, 0.25) is 0 Å². The summed E-state index contributed by atoms with van der Waals surface area (Å²) in [6.45, 7) is 4.44. The minimum absolute atomic E-state index is 0.0199. The monoisotopic (exact) mass is 312 g/mol. The van der Waals surface area contributed by atoms with Crippen LogP contribution in [-0.2, 0) is 4.79 Å². The molecule has 1 aliphatic rings. The summed E-state index contributed by atoms with van der Waals surface area (Å²) in [5.41, 5.74) is 1.81. The van der Waals surface area contributed by atoms with Crippen LogP contribution in [0.1, 0.15) is 18.3 Å². The number of pyridine rings is 1. The molecule has 0 unspecified atom stereocenters. The fraction of sp³-hybridized carbons (Fsp3) is 0.188. The van der Waals surface area contributed by atoms with Crippen LogP contribution in [0.25, 0.3) is 6.08 Å². The van der Waals surface area contributed by atoms with Crippen molar-refractivity contribution < 1.29 is 4.79 Å². The molecule has 1 aliphatic heterocycles. The van der Waals surface area contributed by atoms with Crippen molar-refractivity contribution >= 4 is 34.7 Å². The van der Waals surface area contributed by atoms with Gasteiger partial charge in [0.25, 0.3) is 5.91 Å². The molecule has 0 saturated carbocycles. The quantitative estimate of drug-likeness (QED) is 0.884. The number of aromatic nitrogens is 2. The van der Waals surface area contributed by atoms with Crippen LogP contribution in [0.5, 0.6) is 0 Å². The summed E-state index contributed by atoms with van der Waals surface area (Å²) in [5, 5.41) is 0.670. The van der Waals surface area contributed by atoms with Gasteiger partial charge in [-0.15, -0.1) is 0 Å². The number of aryl methyl sites for hydroxylation is 1. The standard InChI is InChI=1S/C16H16N4OS/c1-3-20-15(21)13(10-12-7-5-9-17-12)22-16(20)19-14-8-4-6-11(2)18-14/h4-10,17H,3H2,1-2H3/b13-10+,19-16+. The number of aromatic amines is 1. The van der Waals surface area contributed by atoms with E-state index in [-0.39, 0.29) is 5.91 Å². The average Bonchev–Trinajstić information content (AvgIpc) is 3.09. The predicted molar refractivity (Wildman–Crippen MR) is 89.8 cm³/mol. The van der Waals surface area contributed by atoms with E-state index in [1.807, 2.05) is 56.5 Å². The van der Waals surface area contributed by atoms with Crippen molar-refractivity contribution in [1.82, 2.24) is 14.9 Å². The molecule has 3 rings (SSSR count). The fourth-order valence-corrected chi connectivity index (χ4v) is 3.18. The lowest BCUT2D eigenvalue weighted by Crippen LogP contribution is -2.28. The number of likely N-dealkylation sites (N-methyl/N-ethyl adjacent to an activating group) is 1. The number of carbonyl (C=O) groups excluding carboxylic acids is 1. The summed E-state index contributed by atoms with van der Waals surface area (Å²) < 4.78 is 0. The number of hydrogen-bond acceptors (Lipinski definition) is 4. The number of amidine groups is 1. The first-order valence-corrected chi connectivity index (χ1v) is 7.86. The van der Waals surface area contributed by atoms with Crippen molar-refractivity contribution in [3.05, 3.63) is 52.8 Å². The maximum absolute atomic E-state index is 12.5. The molecule has 1 saturated heterocycles. The van der Waals surface area contributed by atoms with Crippen LogP contribution in [0.3, 0.4) is 0 Å². The Kier molecular flexibility index (Phi) is 4.11. The molecule has 112 valence electrons. The minimum atomic E-state index is -0.0199.